The molecule has 1 atom stereocenters. The lowest BCUT2D eigenvalue weighted by molar-refractivity contribution is 0.0206. The Morgan fingerprint density at radius 3 is 2.77 bits per heavy atom. The predicted molar refractivity (Wildman–Crippen MR) is 82.6 cm³/mol. The first kappa shape index (κ1) is 14.8. The maximum absolute atomic E-state index is 5.67. The van der Waals surface area contributed by atoms with Gasteiger partial charge in [-0.3, -0.25) is 4.90 Å². The van der Waals surface area contributed by atoms with E-state index in [1.807, 2.05) is 42.5 Å². The number of rotatable bonds is 6. The molecule has 0 unspecified atom stereocenters. The summed E-state index contributed by atoms with van der Waals surface area (Å²) in [4.78, 5) is 2.26. The first-order chi connectivity index (χ1) is 10.9. The maximum Gasteiger partial charge on any atom is 0.254 e. The monoisotopic (exact) mass is 300 g/mol. The quantitative estimate of drug-likeness (QED) is 0.768. The summed E-state index contributed by atoms with van der Waals surface area (Å²) in [5, 5.41) is 3.99. The highest BCUT2D eigenvalue weighted by Gasteiger charge is 2.23. The molecule has 5 heteroatoms. The fourth-order valence-electron chi connectivity index (χ4n) is 2.51. The fraction of sp³-hybridized carbons (Fsp3) is 0.353. The molecular formula is C17H20N2O3. The Balaban J connectivity index is 1.63. The summed E-state index contributed by atoms with van der Waals surface area (Å²) in [5.41, 5.74) is 1.10. The van der Waals surface area contributed by atoms with E-state index in [4.69, 9.17) is 14.0 Å². The summed E-state index contributed by atoms with van der Waals surface area (Å²) >= 11 is 0. The second-order valence-electron chi connectivity index (χ2n) is 5.17. The van der Waals surface area contributed by atoms with Gasteiger partial charge in [-0.05, 0) is 10.7 Å². The van der Waals surface area contributed by atoms with Crippen LogP contribution in [0.25, 0.3) is 0 Å². The molecule has 1 fully saturated rings. The molecule has 1 saturated heterocycles. The minimum atomic E-state index is 0.00507. The van der Waals surface area contributed by atoms with Gasteiger partial charge in [0.15, 0.2) is 5.76 Å². The first-order valence-corrected chi connectivity index (χ1v) is 7.44. The van der Waals surface area contributed by atoms with Crippen molar-refractivity contribution in [3.63, 3.8) is 0 Å². The molecule has 2 aromatic rings. The fourth-order valence-corrected chi connectivity index (χ4v) is 2.51. The average Bonchev–Trinajstić information content (AvgIpc) is 3.04. The second-order valence-corrected chi connectivity index (χ2v) is 5.17. The molecule has 0 bridgehead atoms. The summed E-state index contributed by atoms with van der Waals surface area (Å²) in [5.74, 6) is 1.25. The molecular weight excluding hydrogens is 280 g/mol. The van der Waals surface area contributed by atoms with E-state index in [9.17, 15) is 0 Å². The zero-order valence-corrected chi connectivity index (χ0v) is 12.5. The second kappa shape index (κ2) is 7.24. The van der Waals surface area contributed by atoms with E-state index in [0.717, 1.165) is 37.6 Å². The molecule has 2 heterocycles. The molecule has 0 aliphatic carbocycles. The number of ether oxygens (including phenoxy) is 2. The summed E-state index contributed by atoms with van der Waals surface area (Å²) in [6.45, 7) is 7.56. The van der Waals surface area contributed by atoms with Crippen LogP contribution in [-0.2, 0) is 11.3 Å². The Labute approximate surface area is 130 Å². The van der Waals surface area contributed by atoms with Gasteiger partial charge in [0.1, 0.15) is 6.61 Å². The zero-order chi connectivity index (χ0) is 15.2. The minimum Gasteiger partial charge on any atom is -0.471 e. The van der Waals surface area contributed by atoms with Crippen molar-refractivity contribution in [3.05, 3.63) is 60.4 Å². The van der Waals surface area contributed by atoms with E-state index in [2.05, 4.69) is 16.6 Å². The maximum atomic E-state index is 5.67. The van der Waals surface area contributed by atoms with Gasteiger partial charge < -0.3 is 14.0 Å². The molecule has 0 N–H and O–H groups in total. The Bertz CT molecular complexity index is 591. The van der Waals surface area contributed by atoms with Crippen molar-refractivity contribution in [1.82, 2.24) is 10.1 Å². The smallest absolute Gasteiger partial charge is 0.254 e. The number of morpholine rings is 1. The molecule has 116 valence electrons. The lowest BCUT2D eigenvalue weighted by atomic mass is 10.2. The number of hydrogen-bond acceptors (Lipinski definition) is 5. The normalized spacial score (nSPS) is 17.1. The number of nitrogens with zero attached hydrogens (tertiary/aromatic N) is 2. The summed E-state index contributed by atoms with van der Waals surface area (Å²) in [6, 6.07) is 11.8. The van der Waals surface area contributed by atoms with Gasteiger partial charge in [0.2, 0.25) is 0 Å². The van der Waals surface area contributed by atoms with Crippen molar-refractivity contribution in [2.75, 3.05) is 26.3 Å². The average molecular weight is 300 g/mol. The lowest BCUT2D eigenvalue weighted by Gasteiger charge is -2.30. The Hall–Kier alpha value is -2.11. The number of hydrogen-bond donors (Lipinski definition) is 0. The molecule has 0 saturated carbocycles. The van der Waals surface area contributed by atoms with Crippen molar-refractivity contribution in [3.8, 4) is 5.88 Å². The number of aromatic nitrogens is 1. The van der Waals surface area contributed by atoms with Gasteiger partial charge in [0, 0.05) is 19.2 Å². The predicted octanol–water partition coefficient (Wildman–Crippen LogP) is 2.81. The van der Waals surface area contributed by atoms with Gasteiger partial charge in [-0.2, -0.15) is 0 Å². The van der Waals surface area contributed by atoms with Crippen molar-refractivity contribution < 1.29 is 14.0 Å². The molecule has 1 aromatic heterocycles. The van der Waals surface area contributed by atoms with Crippen LogP contribution in [0.3, 0.4) is 0 Å². The summed E-state index contributed by atoms with van der Waals surface area (Å²) < 4.78 is 16.5. The van der Waals surface area contributed by atoms with E-state index in [0.29, 0.717) is 12.5 Å². The van der Waals surface area contributed by atoms with E-state index in [1.165, 1.54) is 0 Å². The molecule has 1 aromatic carbocycles. The van der Waals surface area contributed by atoms with Crippen molar-refractivity contribution in [2.45, 2.75) is 12.6 Å². The van der Waals surface area contributed by atoms with Crippen LogP contribution in [0.2, 0.25) is 0 Å². The van der Waals surface area contributed by atoms with Gasteiger partial charge >= 0.3 is 0 Å². The topological polar surface area (TPSA) is 47.7 Å². The molecule has 22 heavy (non-hydrogen) atoms. The SMILES string of the molecule is C=C[C@@H](c1cc(OCc2ccccc2)no1)N1CCOCC1. The summed E-state index contributed by atoms with van der Waals surface area (Å²) in [7, 11) is 0. The lowest BCUT2D eigenvalue weighted by Crippen LogP contribution is -2.38. The van der Waals surface area contributed by atoms with E-state index < -0.39 is 0 Å². The highest BCUT2D eigenvalue weighted by atomic mass is 16.5. The van der Waals surface area contributed by atoms with Crippen LogP contribution < -0.4 is 4.74 Å². The van der Waals surface area contributed by atoms with Crippen molar-refractivity contribution in [1.29, 1.82) is 0 Å². The molecule has 0 spiro atoms. The van der Waals surface area contributed by atoms with Crippen LogP contribution in [0, 0.1) is 0 Å². The Morgan fingerprint density at radius 1 is 1.27 bits per heavy atom. The van der Waals surface area contributed by atoms with Gasteiger partial charge in [0.05, 0.1) is 19.3 Å². The summed E-state index contributed by atoms with van der Waals surface area (Å²) in [6.07, 6.45) is 1.87. The largest absolute Gasteiger partial charge is 0.471 e. The first-order valence-electron chi connectivity index (χ1n) is 7.44. The standard InChI is InChI=1S/C17H20N2O3/c1-2-15(19-8-10-20-11-9-19)16-12-17(18-22-16)21-13-14-6-4-3-5-7-14/h2-7,12,15H,1,8-11,13H2/t15-/m0/s1. The third kappa shape index (κ3) is 3.55. The van der Waals surface area contributed by atoms with E-state index in [-0.39, 0.29) is 6.04 Å². The molecule has 1 aliphatic rings. The van der Waals surface area contributed by atoms with Crippen LogP contribution in [0.5, 0.6) is 5.88 Å². The third-order valence-corrected chi connectivity index (χ3v) is 3.69. The van der Waals surface area contributed by atoms with Crippen molar-refractivity contribution >= 4 is 0 Å². The minimum absolute atomic E-state index is 0.00507. The Morgan fingerprint density at radius 2 is 2.05 bits per heavy atom. The van der Waals surface area contributed by atoms with Gasteiger partial charge in [-0.15, -0.1) is 6.58 Å². The molecule has 0 amide bonds. The van der Waals surface area contributed by atoms with Crippen LogP contribution in [-0.4, -0.2) is 36.4 Å². The molecule has 0 radical (unpaired) electrons. The molecule has 5 nitrogen and oxygen atoms in total. The van der Waals surface area contributed by atoms with E-state index >= 15 is 0 Å². The van der Waals surface area contributed by atoms with Gasteiger partial charge in [-0.1, -0.05) is 36.4 Å². The highest BCUT2D eigenvalue weighted by molar-refractivity contribution is 5.19. The third-order valence-electron chi connectivity index (χ3n) is 3.69. The van der Waals surface area contributed by atoms with Gasteiger partial charge in [0.25, 0.3) is 5.88 Å². The number of benzene rings is 1. The highest BCUT2D eigenvalue weighted by Crippen LogP contribution is 2.26. The van der Waals surface area contributed by atoms with Crippen LogP contribution in [0.1, 0.15) is 17.4 Å². The molecule has 1 aliphatic heterocycles. The zero-order valence-electron chi connectivity index (χ0n) is 12.5. The van der Waals surface area contributed by atoms with Crippen LogP contribution in [0.15, 0.2) is 53.6 Å². The van der Waals surface area contributed by atoms with Crippen LogP contribution in [0.4, 0.5) is 0 Å². The van der Waals surface area contributed by atoms with E-state index in [1.54, 1.807) is 0 Å². The Kier molecular flexibility index (Phi) is 4.88. The van der Waals surface area contributed by atoms with Crippen LogP contribution >= 0.6 is 0 Å². The molecule has 3 rings (SSSR count). The van der Waals surface area contributed by atoms with Crippen molar-refractivity contribution in [2.24, 2.45) is 0 Å². The van der Waals surface area contributed by atoms with Gasteiger partial charge in [-0.25, -0.2) is 0 Å².